The molecule has 5 rings (SSSR count). The molecule has 1 saturated heterocycles. The van der Waals surface area contributed by atoms with Crippen LogP contribution in [0.5, 0.6) is 11.5 Å². The van der Waals surface area contributed by atoms with Crippen molar-refractivity contribution in [1.29, 1.82) is 0 Å². The van der Waals surface area contributed by atoms with Gasteiger partial charge in [0, 0.05) is 3.57 Å². The number of hydrogen-bond donors (Lipinski definition) is 0. The number of ether oxygens (including phenoxy) is 2. The predicted molar refractivity (Wildman–Crippen MR) is 178 cm³/mol. The van der Waals surface area contributed by atoms with Crippen LogP contribution >= 0.6 is 34.4 Å². The van der Waals surface area contributed by atoms with Crippen molar-refractivity contribution in [2.45, 2.75) is 33.3 Å². The molecule has 41 heavy (non-hydrogen) atoms. The third-order valence-electron chi connectivity index (χ3n) is 6.77. The van der Waals surface area contributed by atoms with Gasteiger partial charge in [-0.05, 0) is 124 Å². The highest BCUT2D eigenvalue weighted by molar-refractivity contribution is 14.1. The number of carbonyl (C=O) groups excluding carboxylic acids is 1. The Morgan fingerprint density at radius 1 is 0.829 bits per heavy atom. The highest BCUT2D eigenvalue weighted by Crippen LogP contribution is 2.38. The summed E-state index contributed by atoms with van der Waals surface area (Å²) in [5.74, 6) is 1.15. The van der Waals surface area contributed by atoms with E-state index in [9.17, 15) is 4.79 Å². The highest BCUT2D eigenvalue weighted by Gasteiger charge is 2.34. The molecular weight excluding hydrogens is 643 g/mol. The normalized spacial score (nSPS) is 15.1. The molecule has 0 N–H and O–H groups in total. The van der Waals surface area contributed by atoms with E-state index in [1.54, 1.807) is 12.0 Å². The van der Waals surface area contributed by atoms with E-state index in [-0.39, 0.29) is 5.91 Å². The van der Waals surface area contributed by atoms with Crippen LogP contribution in [0.25, 0.3) is 6.08 Å². The number of nitrogens with zero attached hydrogens (tertiary/aromatic N) is 2. The molecule has 1 aliphatic rings. The predicted octanol–water partition coefficient (Wildman–Crippen LogP) is 8.81. The van der Waals surface area contributed by atoms with E-state index in [0.29, 0.717) is 28.2 Å². The van der Waals surface area contributed by atoms with E-state index in [2.05, 4.69) is 85.0 Å². The first-order valence-electron chi connectivity index (χ1n) is 13.5. The van der Waals surface area contributed by atoms with Gasteiger partial charge in [-0.1, -0.05) is 56.3 Å². The number of methoxy groups -OCH3 is 1. The topological polar surface area (TPSA) is 51.1 Å². The van der Waals surface area contributed by atoms with E-state index in [4.69, 9.17) is 14.5 Å². The van der Waals surface area contributed by atoms with E-state index in [1.807, 2.05) is 48.5 Å². The van der Waals surface area contributed by atoms with Gasteiger partial charge in [0.15, 0.2) is 16.7 Å². The maximum atomic E-state index is 13.8. The number of aryl methyl sites for hydroxylation is 2. The van der Waals surface area contributed by atoms with E-state index < -0.39 is 0 Å². The molecule has 5 nitrogen and oxygen atoms in total. The summed E-state index contributed by atoms with van der Waals surface area (Å²) in [6.07, 6.45) is 3.78. The number of carbonyl (C=O) groups is 1. The molecule has 1 amide bonds. The van der Waals surface area contributed by atoms with Gasteiger partial charge in [-0.15, -0.1) is 0 Å². The fraction of sp³-hybridized carbons (Fsp3) is 0.176. The molecule has 4 aromatic rings. The number of amides is 1. The molecule has 0 spiro atoms. The summed E-state index contributed by atoms with van der Waals surface area (Å²) in [6.45, 7) is 4.68. The minimum atomic E-state index is -0.110. The van der Waals surface area contributed by atoms with Crippen molar-refractivity contribution in [3.63, 3.8) is 0 Å². The summed E-state index contributed by atoms with van der Waals surface area (Å²) in [5, 5.41) is 0.624. The molecule has 1 aliphatic heterocycles. The number of anilines is 1. The van der Waals surface area contributed by atoms with Crippen LogP contribution in [0.1, 0.15) is 36.1 Å². The third kappa shape index (κ3) is 7.02. The molecule has 0 saturated carbocycles. The molecule has 7 heteroatoms. The maximum Gasteiger partial charge on any atom is 0.271 e. The van der Waals surface area contributed by atoms with Crippen molar-refractivity contribution < 1.29 is 14.3 Å². The van der Waals surface area contributed by atoms with Crippen LogP contribution in [-0.4, -0.2) is 18.2 Å². The standard InChI is InChI=1S/C34H31IN2O3S/c1-4-23-8-15-28(16-9-23)36-34-37(29-17-10-24(5-2)11-18-29)33(38)32(41-34)21-26-12-19-30(31(20-26)39-3)40-22-25-6-13-27(35)14-7-25/h6-21H,4-5,22H2,1-3H3/b32-21-,36-34?. The molecule has 1 heterocycles. The SMILES string of the molecule is CCc1ccc(N=C2S/C(=C\c3ccc(OCc4ccc(I)cc4)c(OC)c3)C(=O)N2c2ccc(CC)cc2)cc1. The van der Waals surface area contributed by atoms with Gasteiger partial charge < -0.3 is 9.47 Å². The third-order valence-corrected chi connectivity index (χ3v) is 8.46. The van der Waals surface area contributed by atoms with Crippen molar-refractivity contribution in [3.8, 4) is 11.5 Å². The molecule has 4 aromatic carbocycles. The van der Waals surface area contributed by atoms with Gasteiger partial charge in [0.25, 0.3) is 5.91 Å². The molecular formula is C34H31IN2O3S. The molecule has 0 bridgehead atoms. The smallest absolute Gasteiger partial charge is 0.271 e. The summed E-state index contributed by atoms with van der Waals surface area (Å²) in [4.78, 5) is 20.9. The summed E-state index contributed by atoms with van der Waals surface area (Å²) in [6, 6.07) is 30.2. The molecule has 0 aliphatic carbocycles. The van der Waals surface area contributed by atoms with Crippen LogP contribution in [0.2, 0.25) is 0 Å². The number of amidine groups is 1. The Bertz CT molecular complexity index is 1580. The lowest BCUT2D eigenvalue weighted by atomic mass is 10.1. The first-order chi connectivity index (χ1) is 20.0. The Balaban J connectivity index is 1.43. The van der Waals surface area contributed by atoms with Crippen LogP contribution in [-0.2, 0) is 24.2 Å². The largest absolute Gasteiger partial charge is 0.493 e. The number of rotatable bonds is 9. The van der Waals surface area contributed by atoms with Crippen LogP contribution in [0, 0.1) is 3.57 Å². The van der Waals surface area contributed by atoms with Gasteiger partial charge in [-0.3, -0.25) is 9.69 Å². The van der Waals surface area contributed by atoms with Gasteiger partial charge in [-0.25, -0.2) is 4.99 Å². The van der Waals surface area contributed by atoms with E-state index in [0.717, 1.165) is 35.3 Å². The van der Waals surface area contributed by atoms with Crippen LogP contribution < -0.4 is 14.4 Å². The zero-order valence-corrected chi connectivity index (χ0v) is 26.2. The quantitative estimate of drug-likeness (QED) is 0.132. The van der Waals surface area contributed by atoms with Crippen LogP contribution in [0.15, 0.2) is 101 Å². The second kappa shape index (κ2) is 13.4. The first-order valence-corrected chi connectivity index (χ1v) is 15.4. The summed E-state index contributed by atoms with van der Waals surface area (Å²) in [5.41, 5.74) is 5.99. The van der Waals surface area contributed by atoms with Gasteiger partial charge in [0.1, 0.15) is 6.61 Å². The monoisotopic (exact) mass is 674 g/mol. The van der Waals surface area contributed by atoms with Gasteiger partial charge in [-0.2, -0.15) is 0 Å². The summed E-state index contributed by atoms with van der Waals surface area (Å²) < 4.78 is 12.9. The second-order valence-corrected chi connectivity index (χ2v) is 11.8. The molecule has 0 unspecified atom stereocenters. The molecule has 0 aromatic heterocycles. The maximum absolute atomic E-state index is 13.8. The summed E-state index contributed by atoms with van der Waals surface area (Å²) >= 11 is 3.66. The average Bonchev–Trinajstić information content (AvgIpc) is 3.31. The van der Waals surface area contributed by atoms with E-state index in [1.165, 1.54) is 26.5 Å². The fourth-order valence-electron chi connectivity index (χ4n) is 4.36. The second-order valence-electron chi connectivity index (χ2n) is 9.51. The molecule has 1 fully saturated rings. The lowest BCUT2D eigenvalue weighted by molar-refractivity contribution is -0.113. The van der Waals surface area contributed by atoms with Gasteiger partial charge in [0.05, 0.1) is 23.4 Å². The number of benzene rings is 4. The summed E-state index contributed by atoms with van der Waals surface area (Å²) in [7, 11) is 1.62. The Labute approximate surface area is 259 Å². The average molecular weight is 675 g/mol. The van der Waals surface area contributed by atoms with E-state index >= 15 is 0 Å². The van der Waals surface area contributed by atoms with Crippen molar-refractivity contribution in [3.05, 3.63) is 122 Å². The number of hydrogen-bond acceptors (Lipinski definition) is 5. The number of halogens is 1. The van der Waals surface area contributed by atoms with Gasteiger partial charge >= 0.3 is 0 Å². The lowest BCUT2D eigenvalue weighted by Crippen LogP contribution is -2.28. The Hall–Kier alpha value is -3.56. The minimum absolute atomic E-state index is 0.110. The number of thioether (sulfide) groups is 1. The highest BCUT2D eigenvalue weighted by atomic mass is 127. The molecule has 0 radical (unpaired) electrons. The van der Waals surface area contributed by atoms with Gasteiger partial charge in [0.2, 0.25) is 0 Å². The minimum Gasteiger partial charge on any atom is -0.493 e. The van der Waals surface area contributed by atoms with Crippen LogP contribution in [0.4, 0.5) is 11.4 Å². The number of aliphatic imine (C=N–C) groups is 1. The molecule has 0 atom stereocenters. The molecule has 208 valence electrons. The zero-order valence-electron chi connectivity index (χ0n) is 23.3. The van der Waals surface area contributed by atoms with Crippen molar-refractivity contribution >= 4 is 62.9 Å². The first kappa shape index (κ1) is 29.0. The fourth-order valence-corrected chi connectivity index (χ4v) is 5.72. The van der Waals surface area contributed by atoms with Crippen LogP contribution in [0.3, 0.4) is 0 Å². The van der Waals surface area contributed by atoms with Crippen molar-refractivity contribution in [2.24, 2.45) is 4.99 Å². The Morgan fingerprint density at radius 3 is 2.10 bits per heavy atom. The lowest BCUT2D eigenvalue weighted by Gasteiger charge is -2.16. The zero-order chi connectivity index (χ0) is 28.8. The Kier molecular flexibility index (Phi) is 9.46. The van der Waals surface area contributed by atoms with Crippen molar-refractivity contribution in [2.75, 3.05) is 12.0 Å². The Morgan fingerprint density at radius 2 is 1.46 bits per heavy atom. The van der Waals surface area contributed by atoms with Crippen molar-refractivity contribution in [1.82, 2.24) is 0 Å².